The minimum Gasteiger partial charge on any atom is -0.490 e. The molecule has 0 saturated heterocycles. The molecule has 1 nitrogen and oxygen atoms in total. The summed E-state index contributed by atoms with van der Waals surface area (Å²) in [7, 11) is 0. The van der Waals surface area contributed by atoms with Crippen LogP contribution in [0.2, 0.25) is 0 Å². The minimum absolute atomic E-state index is 0.260. The van der Waals surface area contributed by atoms with E-state index in [1.165, 1.54) is 0 Å². The van der Waals surface area contributed by atoms with Crippen molar-refractivity contribution in [1.29, 1.82) is 0 Å². The highest BCUT2D eigenvalue weighted by Gasteiger charge is 2.07. The summed E-state index contributed by atoms with van der Waals surface area (Å²) in [5, 5.41) is 0. The Balaban J connectivity index is 2.75. The highest BCUT2D eigenvalue weighted by atomic mass is 79.9. The number of unbranched alkanes of at least 4 members (excludes halogenated alkanes) is 1. The van der Waals surface area contributed by atoms with E-state index in [4.69, 9.17) is 4.74 Å². The van der Waals surface area contributed by atoms with Gasteiger partial charge in [-0.25, -0.2) is 4.39 Å². The second-order valence-electron chi connectivity index (χ2n) is 3.24. The third-order valence-electron chi connectivity index (χ3n) is 1.94. The van der Waals surface area contributed by atoms with Gasteiger partial charge in [0, 0.05) is 4.47 Å². The van der Waals surface area contributed by atoms with Gasteiger partial charge in [-0.15, -0.1) is 0 Å². The Labute approximate surface area is 92.4 Å². The lowest BCUT2D eigenvalue weighted by atomic mass is 10.2. The third kappa shape index (κ3) is 2.98. The van der Waals surface area contributed by atoms with Crippen molar-refractivity contribution < 1.29 is 9.13 Å². The monoisotopic (exact) mass is 260 g/mol. The normalized spacial score (nSPS) is 10.3. The Morgan fingerprint density at radius 1 is 1.43 bits per heavy atom. The van der Waals surface area contributed by atoms with Crippen LogP contribution >= 0.6 is 15.9 Å². The first kappa shape index (κ1) is 11.5. The Kier molecular flexibility index (Phi) is 4.39. The summed E-state index contributed by atoms with van der Waals surface area (Å²) in [4.78, 5) is 0. The van der Waals surface area contributed by atoms with Crippen LogP contribution in [0.1, 0.15) is 25.3 Å². The predicted octanol–water partition coefficient (Wildman–Crippen LogP) is 4.08. The van der Waals surface area contributed by atoms with Crippen molar-refractivity contribution in [3.63, 3.8) is 0 Å². The van der Waals surface area contributed by atoms with Crippen LogP contribution in [0, 0.1) is 12.7 Å². The van der Waals surface area contributed by atoms with Crippen molar-refractivity contribution in [2.45, 2.75) is 26.7 Å². The Hall–Kier alpha value is -0.570. The SMILES string of the molecule is CCCCOc1cc(Br)cc(C)c1F. The summed E-state index contributed by atoms with van der Waals surface area (Å²) in [6, 6.07) is 3.40. The molecule has 0 atom stereocenters. The van der Waals surface area contributed by atoms with Crippen LogP contribution in [-0.2, 0) is 0 Å². The molecule has 1 aromatic carbocycles. The van der Waals surface area contributed by atoms with E-state index in [9.17, 15) is 4.39 Å². The number of halogens is 2. The first-order chi connectivity index (χ1) is 6.65. The van der Waals surface area contributed by atoms with Crippen molar-refractivity contribution in [3.8, 4) is 5.75 Å². The van der Waals surface area contributed by atoms with Crippen LogP contribution in [0.15, 0.2) is 16.6 Å². The lowest BCUT2D eigenvalue weighted by Crippen LogP contribution is -1.99. The molecule has 0 saturated carbocycles. The standard InChI is InChI=1S/C11H14BrFO/c1-3-4-5-14-10-7-9(12)6-8(2)11(10)13/h6-7H,3-5H2,1-2H3. The van der Waals surface area contributed by atoms with E-state index in [1.807, 2.05) is 0 Å². The zero-order valence-corrected chi connectivity index (χ0v) is 10.0. The molecular weight excluding hydrogens is 247 g/mol. The van der Waals surface area contributed by atoms with Crippen LogP contribution in [0.4, 0.5) is 4.39 Å². The van der Waals surface area contributed by atoms with Crippen molar-refractivity contribution in [1.82, 2.24) is 0 Å². The Bertz CT molecular complexity index is 312. The van der Waals surface area contributed by atoms with E-state index >= 15 is 0 Å². The number of benzene rings is 1. The number of hydrogen-bond acceptors (Lipinski definition) is 1. The molecule has 0 bridgehead atoms. The van der Waals surface area contributed by atoms with Gasteiger partial charge in [-0.3, -0.25) is 0 Å². The molecule has 0 amide bonds. The van der Waals surface area contributed by atoms with Crippen molar-refractivity contribution >= 4 is 15.9 Å². The zero-order chi connectivity index (χ0) is 10.6. The number of hydrogen-bond donors (Lipinski definition) is 0. The van der Waals surface area contributed by atoms with Crippen LogP contribution in [0.25, 0.3) is 0 Å². The lowest BCUT2D eigenvalue weighted by molar-refractivity contribution is 0.293. The number of ether oxygens (including phenoxy) is 1. The maximum Gasteiger partial charge on any atom is 0.168 e. The van der Waals surface area contributed by atoms with Crippen molar-refractivity contribution in [2.75, 3.05) is 6.61 Å². The Morgan fingerprint density at radius 3 is 2.79 bits per heavy atom. The van der Waals surface area contributed by atoms with Gasteiger partial charge >= 0.3 is 0 Å². The first-order valence-electron chi connectivity index (χ1n) is 4.73. The summed E-state index contributed by atoms with van der Waals surface area (Å²) >= 11 is 3.31. The van der Waals surface area contributed by atoms with Gasteiger partial charge < -0.3 is 4.74 Å². The fourth-order valence-corrected chi connectivity index (χ4v) is 1.68. The molecule has 0 N–H and O–H groups in total. The second kappa shape index (κ2) is 5.35. The predicted molar refractivity (Wildman–Crippen MR) is 59.2 cm³/mol. The van der Waals surface area contributed by atoms with Crippen molar-refractivity contribution in [2.24, 2.45) is 0 Å². The zero-order valence-electron chi connectivity index (χ0n) is 8.44. The lowest BCUT2D eigenvalue weighted by Gasteiger charge is -2.08. The van der Waals surface area contributed by atoms with Crippen LogP contribution < -0.4 is 4.74 Å². The van der Waals surface area contributed by atoms with E-state index in [1.54, 1.807) is 19.1 Å². The first-order valence-corrected chi connectivity index (χ1v) is 5.53. The van der Waals surface area contributed by atoms with E-state index in [-0.39, 0.29) is 5.82 Å². The summed E-state index contributed by atoms with van der Waals surface area (Å²) in [5.41, 5.74) is 0.603. The van der Waals surface area contributed by atoms with Gasteiger partial charge in [0.25, 0.3) is 0 Å². The molecule has 1 aromatic rings. The van der Waals surface area contributed by atoms with E-state index in [0.29, 0.717) is 17.9 Å². The van der Waals surface area contributed by atoms with E-state index in [0.717, 1.165) is 17.3 Å². The molecule has 1 rings (SSSR count). The highest BCUT2D eigenvalue weighted by molar-refractivity contribution is 9.10. The molecule has 78 valence electrons. The molecule has 0 aromatic heterocycles. The molecule has 0 aliphatic heterocycles. The third-order valence-corrected chi connectivity index (χ3v) is 2.40. The second-order valence-corrected chi connectivity index (χ2v) is 4.15. The van der Waals surface area contributed by atoms with Crippen LogP contribution in [0.3, 0.4) is 0 Å². The molecule has 0 fully saturated rings. The van der Waals surface area contributed by atoms with Gasteiger partial charge in [0.2, 0.25) is 0 Å². The fourth-order valence-electron chi connectivity index (χ4n) is 1.13. The van der Waals surface area contributed by atoms with Gasteiger partial charge in [-0.2, -0.15) is 0 Å². The Morgan fingerprint density at radius 2 is 2.14 bits per heavy atom. The molecule has 0 spiro atoms. The van der Waals surface area contributed by atoms with Gasteiger partial charge in [-0.05, 0) is 31.0 Å². The molecule has 0 heterocycles. The summed E-state index contributed by atoms with van der Waals surface area (Å²) in [6.45, 7) is 4.38. The molecular formula is C11H14BrFO. The largest absolute Gasteiger partial charge is 0.490 e. The molecule has 0 aliphatic carbocycles. The van der Waals surface area contributed by atoms with Crippen LogP contribution in [0.5, 0.6) is 5.75 Å². The summed E-state index contributed by atoms with van der Waals surface area (Å²) in [5.74, 6) is 0.0784. The van der Waals surface area contributed by atoms with Gasteiger partial charge in [0.1, 0.15) is 0 Å². The van der Waals surface area contributed by atoms with Gasteiger partial charge in [0.05, 0.1) is 6.61 Å². The molecule has 0 aliphatic rings. The van der Waals surface area contributed by atoms with Gasteiger partial charge in [0.15, 0.2) is 11.6 Å². The fraction of sp³-hybridized carbons (Fsp3) is 0.455. The van der Waals surface area contributed by atoms with E-state index in [2.05, 4.69) is 22.9 Å². The minimum atomic E-state index is -0.260. The van der Waals surface area contributed by atoms with Gasteiger partial charge in [-0.1, -0.05) is 29.3 Å². The van der Waals surface area contributed by atoms with Crippen molar-refractivity contribution in [3.05, 3.63) is 28.0 Å². The van der Waals surface area contributed by atoms with E-state index < -0.39 is 0 Å². The molecule has 14 heavy (non-hydrogen) atoms. The van der Waals surface area contributed by atoms with Crippen LogP contribution in [-0.4, -0.2) is 6.61 Å². The maximum absolute atomic E-state index is 13.5. The maximum atomic E-state index is 13.5. The average Bonchev–Trinajstić information content (AvgIpc) is 2.13. The highest BCUT2D eigenvalue weighted by Crippen LogP contribution is 2.25. The molecule has 0 unspecified atom stereocenters. The molecule has 0 radical (unpaired) electrons. The molecule has 3 heteroatoms. The number of rotatable bonds is 4. The quantitative estimate of drug-likeness (QED) is 0.742. The summed E-state index contributed by atoms with van der Waals surface area (Å²) < 4.78 is 19.6. The topological polar surface area (TPSA) is 9.23 Å². The summed E-state index contributed by atoms with van der Waals surface area (Å²) in [6.07, 6.45) is 2.00. The average molecular weight is 261 g/mol. The smallest absolute Gasteiger partial charge is 0.168 e. The number of aryl methyl sites for hydroxylation is 1.